The van der Waals surface area contributed by atoms with Gasteiger partial charge in [-0.25, -0.2) is 0 Å². The minimum Gasteiger partial charge on any atom is -0.464 e. The van der Waals surface area contributed by atoms with Gasteiger partial charge in [0, 0.05) is 18.2 Å². The van der Waals surface area contributed by atoms with Crippen molar-refractivity contribution < 1.29 is 4.42 Å². The van der Waals surface area contributed by atoms with E-state index >= 15 is 0 Å². The van der Waals surface area contributed by atoms with Gasteiger partial charge in [-0.1, -0.05) is 6.92 Å². The van der Waals surface area contributed by atoms with Crippen LogP contribution in [0.1, 0.15) is 30.8 Å². The fraction of sp³-hybridized carbons (Fsp3) is 0.667. The van der Waals surface area contributed by atoms with Gasteiger partial charge in [-0.2, -0.15) is 11.8 Å². The van der Waals surface area contributed by atoms with Crippen LogP contribution in [0.4, 0.5) is 0 Å². The van der Waals surface area contributed by atoms with E-state index in [1.165, 1.54) is 12.2 Å². The number of hydrogen-bond acceptors (Lipinski definition) is 3. The maximum absolute atomic E-state index is 5.79. The van der Waals surface area contributed by atoms with Gasteiger partial charge in [0.15, 0.2) is 0 Å². The van der Waals surface area contributed by atoms with Gasteiger partial charge in [-0.3, -0.25) is 0 Å². The minimum atomic E-state index is 0.699. The second kappa shape index (κ2) is 5.08. The molecule has 3 heteroatoms. The summed E-state index contributed by atoms with van der Waals surface area (Å²) in [7, 11) is 0. The zero-order valence-electron chi connectivity index (χ0n) is 9.45. The molecule has 1 aromatic heterocycles. The number of hydrogen-bond donors (Lipinski definition) is 1. The molecule has 1 saturated carbocycles. The molecule has 2 rings (SSSR count). The Hall–Kier alpha value is -0.410. The number of furan rings is 1. The lowest BCUT2D eigenvalue weighted by Crippen LogP contribution is -2.15. The highest BCUT2D eigenvalue weighted by molar-refractivity contribution is 7.98. The fourth-order valence-corrected chi connectivity index (χ4v) is 2.14. The molecule has 15 heavy (non-hydrogen) atoms. The lowest BCUT2D eigenvalue weighted by Gasteiger charge is -2.00. The Balaban J connectivity index is 1.75. The molecule has 1 aliphatic rings. The van der Waals surface area contributed by atoms with E-state index < -0.39 is 0 Å². The Labute approximate surface area is 95.8 Å². The highest BCUT2D eigenvalue weighted by atomic mass is 32.2. The molecule has 0 amide bonds. The van der Waals surface area contributed by atoms with Gasteiger partial charge < -0.3 is 9.73 Å². The average molecular weight is 225 g/mol. The smallest absolute Gasteiger partial charge is 0.117 e. The van der Waals surface area contributed by atoms with Crippen LogP contribution in [-0.2, 0) is 6.54 Å². The molecular weight excluding hydrogens is 206 g/mol. The lowest BCUT2D eigenvalue weighted by atomic mass is 10.3. The molecule has 0 bridgehead atoms. The first-order chi connectivity index (χ1) is 7.31. The SMILES string of the molecule is CSCCNCc1ccc(C2CC2C)o1. The quantitative estimate of drug-likeness (QED) is 0.754. The molecule has 0 aromatic carbocycles. The standard InChI is InChI=1S/C12H19NOS/c1-9-7-11(9)12-4-3-10(14-12)8-13-5-6-15-2/h3-4,9,11,13H,5-8H2,1-2H3. The Bertz CT molecular complexity index is 310. The predicted molar refractivity (Wildman–Crippen MR) is 65.3 cm³/mol. The Kier molecular flexibility index (Phi) is 3.76. The third kappa shape index (κ3) is 3.02. The molecule has 2 nitrogen and oxygen atoms in total. The van der Waals surface area contributed by atoms with Gasteiger partial charge in [0.2, 0.25) is 0 Å². The van der Waals surface area contributed by atoms with Gasteiger partial charge in [0.25, 0.3) is 0 Å². The molecule has 84 valence electrons. The van der Waals surface area contributed by atoms with E-state index in [4.69, 9.17) is 4.42 Å². The van der Waals surface area contributed by atoms with Crippen molar-refractivity contribution in [3.8, 4) is 0 Å². The molecule has 1 aromatic rings. The van der Waals surface area contributed by atoms with E-state index in [0.717, 1.165) is 30.5 Å². The van der Waals surface area contributed by atoms with E-state index in [1.807, 2.05) is 11.8 Å². The van der Waals surface area contributed by atoms with Gasteiger partial charge in [-0.15, -0.1) is 0 Å². The molecule has 1 fully saturated rings. The maximum atomic E-state index is 5.79. The van der Waals surface area contributed by atoms with Crippen molar-refractivity contribution in [1.29, 1.82) is 0 Å². The van der Waals surface area contributed by atoms with Crippen LogP contribution in [0, 0.1) is 5.92 Å². The van der Waals surface area contributed by atoms with E-state index in [0.29, 0.717) is 5.92 Å². The van der Waals surface area contributed by atoms with Crippen molar-refractivity contribution in [2.75, 3.05) is 18.6 Å². The third-order valence-electron chi connectivity index (χ3n) is 2.94. The average Bonchev–Trinajstić information content (AvgIpc) is 2.80. The van der Waals surface area contributed by atoms with Gasteiger partial charge in [0.1, 0.15) is 11.5 Å². The van der Waals surface area contributed by atoms with Crippen LogP contribution < -0.4 is 5.32 Å². The lowest BCUT2D eigenvalue weighted by molar-refractivity contribution is 0.447. The summed E-state index contributed by atoms with van der Waals surface area (Å²) < 4.78 is 5.79. The molecule has 1 N–H and O–H groups in total. The monoisotopic (exact) mass is 225 g/mol. The zero-order chi connectivity index (χ0) is 10.7. The second-order valence-electron chi connectivity index (χ2n) is 4.29. The maximum Gasteiger partial charge on any atom is 0.117 e. The van der Waals surface area contributed by atoms with Crippen LogP contribution >= 0.6 is 11.8 Å². The van der Waals surface area contributed by atoms with E-state index in [2.05, 4.69) is 30.6 Å². The van der Waals surface area contributed by atoms with Crippen LogP contribution in [0.25, 0.3) is 0 Å². The summed E-state index contributed by atoms with van der Waals surface area (Å²) in [4.78, 5) is 0. The van der Waals surface area contributed by atoms with Crippen molar-refractivity contribution >= 4 is 11.8 Å². The largest absolute Gasteiger partial charge is 0.464 e. The first kappa shape index (κ1) is 11.1. The van der Waals surface area contributed by atoms with Crippen molar-refractivity contribution in [1.82, 2.24) is 5.32 Å². The van der Waals surface area contributed by atoms with E-state index in [1.54, 1.807) is 0 Å². The summed E-state index contributed by atoms with van der Waals surface area (Å²) in [5, 5.41) is 3.37. The zero-order valence-corrected chi connectivity index (χ0v) is 10.3. The van der Waals surface area contributed by atoms with Crippen LogP contribution in [0.2, 0.25) is 0 Å². The van der Waals surface area contributed by atoms with Crippen molar-refractivity contribution in [2.24, 2.45) is 5.92 Å². The highest BCUT2D eigenvalue weighted by Crippen LogP contribution is 2.47. The highest BCUT2D eigenvalue weighted by Gasteiger charge is 2.36. The summed E-state index contributed by atoms with van der Waals surface area (Å²) in [5.41, 5.74) is 0. The molecule has 2 atom stereocenters. The molecule has 1 aliphatic carbocycles. The Morgan fingerprint density at radius 2 is 2.33 bits per heavy atom. The summed E-state index contributed by atoms with van der Waals surface area (Å²) >= 11 is 1.86. The van der Waals surface area contributed by atoms with Crippen LogP contribution in [0.15, 0.2) is 16.5 Å². The second-order valence-corrected chi connectivity index (χ2v) is 5.28. The van der Waals surface area contributed by atoms with Crippen LogP contribution in [-0.4, -0.2) is 18.6 Å². The third-order valence-corrected chi connectivity index (χ3v) is 3.55. The summed E-state index contributed by atoms with van der Waals surface area (Å²) in [6.45, 7) is 4.20. The minimum absolute atomic E-state index is 0.699. The van der Waals surface area contributed by atoms with E-state index in [-0.39, 0.29) is 0 Å². The van der Waals surface area contributed by atoms with Crippen molar-refractivity contribution in [2.45, 2.75) is 25.8 Å². The summed E-state index contributed by atoms with van der Waals surface area (Å²) in [6, 6.07) is 4.24. The molecule has 0 spiro atoms. The Morgan fingerprint density at radius 3 is 3.00 bits per heavy atom. The van der Waals surface area contributed by atoms with E-state index in [9.17, 15) is 0 Å². The van der Waals surface area contributed by atoms with Gasteiger partial charge >= 0.3 is 0 Å². The van der Waals surface area contributed by atoms with Crippen molar-refractivity contribution in [3.63, 3.8) is 0 Å². The molecule has 0 saturated heterocycles. The molecular formula is C12H19NOS. The van der Waals surface area contributed by atoms with Crippen LogP contribution in [0.3, 0.4) is 0 Å². The fourth-order valence-electron chi connectivity index (χ4n) is 1.79. The molecule has 1 heterocycles. The molecule has 0 aliphatic heterocycles. The normalized spacial score (nSPS) is 24.4. The first-order valence-electron chi connectivity index (χ1n) is 5.59. The predicted octanol–water partition coefficient (Wildman–Crippen LogP) is 2.86. The summed E-state index contributed by atoms with van der Waals surface area (Å²) in [6.07, 6.45) is 3.42. The number of nitrogens with one attached hydrogen (secondary N) is 1. The number of rotatable bonds is 6. The summed E-state index contributed by atoms with van der Waals surface area (Å²) in [5.74, 6) is 4.94. The van der Waals surface area contributed by atoms with Crippen molar-refractivity contribution in [3.05, 3.63) is 23.7 Å². The topological polar surface area (TPSA) is 25.2 Å². The number of thioether (sulfide) groups is 1. The van der Waals surface area contributed by atoms with Gasteiger partial charge in [0.05, 0.1) is 6.54 Å². The van der Waals surface area contributed by atoms with Crippen LogP contribution in [0.5, 0.6) is 0 Å². The molecule has 0 radical (unpaired) electrons. The van der Waals surface area contributed by atoms with Gasteiger partial charge in [-0.05, 0) is 30.7 Å². The Morgan fingerprint density at radius 1 is 1.53 bits per heavy atom. The molecule has 2 unspecified atom stereocenters. The first-order valence-corrected chi connectivity index (χ1v) is 6.99.